The molecule has 3 aromatic heterocycles. The van der Waals surface area contributed by atoms with Crippen LogP contribution in [0.25, 0.3) is 118 Å². The third-order valence-corrected chi connectivity index (χ3v) is 13.9. The van der Waals surface area contributed by atoms with Crippen LogP contribution in [0.5, 0.6) is 0 Å². The van der Waals surface area contributed by atoms with Crippen molar-refractivity contribution in [3.8, 4) is 16.8 Å². The van der Waals surface area contributed by atoms with E-state index in [9.17, 15) is 4.79 Å². The molecule has 0 bridgehead atoms. The predicted octanol–water partition coefficient (Wildman–Crippen LogP) is 15.2. The summed E-state index contributed by atoms with van der Waals surface area (Å²) in [6.45, 7) is 7.92. The summed E-state index contributed by atoms with van der Waals surface area (Å²) >= 11 is 1.87. The number of aromatic nitrogens is 2. The second-order valence-corrected chi connectivity index (χ2v) is 16.8. The minimum absolute atomic E-state index is 0.524. The zero-order valence-electron chi connectivity index (χ0n) is 32.9. The molecule has 0 N–H and O–H groups in total. The zero-order chi connectivity index (χ0) is 40.2. The molecule has 12 rings (SSSR count). The Hall–Kier alpha value is -7.53. The lowest BCUT2D eigenvalue weighted by Crippen LogP contribution is -1.95. The number of hydrogen-bond acceptors (Lipinski definition) is 2. The number of aryl methyl sites for hydroxylation is 1. The lowest BCUT2D eigenvalue weighted by Gasteiger charge is -2.15. The van der Waals surface area contributed by atoms with E-state index in [-0.39, 0.29) is 0 Å². The minimum atomic E-state index is 0.524. The molecular weight excluding hydrogens is 749 g/mol. The summed E-state index contributed by atoms with van der Waals surface area (Å²) < 4.78 is 7.32. The maximum absolute atomic E-state index is 12.0. The molecule has 0 unspecified atom stereocenters. The largest absolute Gasteiger partial charge is 0.343 e. The van der Waals surface area contributed by atoms with Gasteiger partial charge in [-0.05, 0) is 104 Å². The van der Waals surface area contributed by atoms with Gasteiger partial charge in [-0.2, -0.15) is 0 Å². The molecule has 0 radical (unpaired) electrons. The maximum Gasteiger partial charge on any atom is 0.150 e. The second-order valence-electron chi connectivity index (χ2n) is 15.7. The zero-order valence-corrected chi connectivity index (χ0v) is 33.7. The number of para-hydroxylation sites is 2. The monoisotopic (exact) mass is 784 g/mol. The number of rotatable bonds is 6. The highest BCUT2D eigenvalue weighted by molar-refractivity contribution is 7.25. The second kappa shape index (κ2) is 13.0. The molecule has 0 saturated carbocycles. The number of allylic oxidation sites excluding steroid dienone is 4. The normalized spacial score (nSPS) is 12.6. The predicted molar refractivity (Wildman–Crippen MR) is 259 cm³/mol. The van der Waals surface area contributed by atoms with Gasteiger partial charge in [0.1, 0.15) is 0 Å². The van der Waals surface area contributed by atoms with Crippen molar-refractivity contribution in [3.05, 3.63) is 194 Å². The summed E-state index contributed by atoms with van der Waals surface area (Å²) in [5.74, 6) is 0. The van der Waals surface area contributed by atoms with Crippen LogP contribution in [0.4, 0.5) is 0 Å². The standard InChI is InChI=1S/C56H36N2OS/c1-4-33(32-59)37(5-2)44-17-12-18-45-48-28-35(22-26-51(48)57(3)56(44)45)34-21-24-40-41-25-23-36(29-47(41)39-14-7-6-13-38(39)46(40)27-34)58-52-19-10-8-15-42(52)49-31-55-50(30-53(49)58)43-16-9-11-20-54(43)60-55/h4-32H,1-2H2,3H3/b37-33-. The van der Waals surface area contributed by atoms with Crippen LogP contribution in [-0.2, 0) is 11.8 Å². The summed E-state index contributed by atoms with van der Waals surface area (Å²) in [7, 11) is 2.09. The number of fused-ring (bicyclic) bond motifs is 15. The summed E-state index contributed by atoms with van der Waals surface area (Å²) in [6, 6.07) is 58.2. The molecule has 12 aromatic rings. The average Bonchev–Trinajstić information content (AvgIpc) is 3.93. The van der Waals surface area contributed by atoms with E-state index in [0.29, 0.717) is 5.57 Å². The summed E-state index contributed by atoms with van der Waals surface area (Å²) in [4.78, 5) is 12.0. The number of benzene rings is 9. The summed E-state index contributed by atoms with van der Waals surface area (Å²) in [5.41, 5.74) is 10.4. The van der Waals surface area contributed by atoms with Crippen molar-refractivity contribution < 1.29 is 4.79 Å². The molecule has 282 valence electrons. The molecule has 4 heteroatoms. The number of aldehydes is 1. The van der Waals surface area contributed by atoms with E-state index in [4.69, 9.17) is 0 Å². The van der Waals surface area contributed by atoms with Crippen LogP contribution in [0.15, 0.2) is 189 Å². The smallest absolute Gasteiger partial charge is 0.150 e. The molecule has 3 heterocycles. The number of carbonyl (C=O) groups excluding carboxylic acids is 1. The minimum Gasteiger partial charge on any atom is -0.343 e. The summed E-state index contributed by atoms with van der Waals surface area (Å²) in [6.07, 6.45) is 4.20. The molecule has 3 nitrogen and oxygen atoms in total. The Bertz CT molecular complexity index is 3880. The van der Waals surface area contributed by atoms with E-state index in [0.717, 1.165) is 56.0 Å². The molecule has 9 aromatic carbocycles. The topological polar surface area (TPSA) is 26.9 Å². The van der Waals surface area contributed by atoms with Gasteiger partial charge in [-0.1, -0.05) is 128 Å². The first-order chi connectivity index (χ1) is 29.5. The Labute approximate surface area is 349 Å². The lowest BCUT2D eigenvalue weighted by atomic mass is 9.91. The van der Waals surface area contributed by atoms with Gasteiger partial charge in [0, 0.05) is 71.1 Å². The van der Waals surface area contributed by atoms with Crippen LogP contribution in [0.2, 0.25) is 0 Å². The van der Waals surface area contributed by atoms with Gasteiger partial charge in [0.05, 0.1) is 16.6 Å². The SMILES string of the molecule is C=C/C(C=O)=C(\C=C)c1cccc2c3cc(-c4ccc5c6ccc(-n7c8ccccc8c8cc9sc%10ccccc%10c9cc87)cc6c6ccccc6c5c4)ccc3n(C)c12. The Balaban J connectivity index is 1.05. The molecule has 0 spiro atoms. The van der Waals surface area contributed by atoms with E-state index in [1.807, 2.05) is 11.3 Å². The third kappa shape index (κ3) is 4.80. The lowest BCUT2D eigenvalue weighted by molar-refractivity contribution is -0.104. The van der Waals surface area contributed by atoms with Crippen molar-refractivity contribution in [2.45, 2.75) is 0 Å². The van der Waals surface area contributed by atoms with Crippen molar-refractivity contribution >= 4 is 119 Å². The van der Waals surface area contributed by atoms with Gasteiger partial charge >= 0.3 is 0 Å². The molecule has 0 aliphatic rings. The molecule has 0 amide bonds. The van der Waals surface area contributed by atoms with E-state index >= 15 is 0 Å². The van der Waals surface area contributed by atoms with Crippen LogP contribution in [0.1, 0.15) is 5.56 Å². The van der Waals surface area contributed by atoms with Crippen molar-refractivity contribution in [2.75, 3.05) is 0 Å². The number of hydrogen-bond donors (Lipinski definition) is 0. The third-order valence-electron chi connectivity index (χ3n) is 12.8. The Morgan fingerprint density at radius 2 is 1.12 bits per heavy atom. The van der Waals surface area contributed by atoms with Crippen LogP contribution < -0.4 is 0 Å². The van der Waals surface area contributed by atoms with Gasteiger partial charge in [0.25, 0.3) is 0 Å². The molecule has 0 aliphatic heterocycles. The van der Waals surface area contributed by atoms with Gasteiger partial charge in [-0.15, -0.1) is 11.3 Å². The molecule has 0 atom stereocenters. The number of carbonyl (C=O) groups is 1. The van der Waals surface area contributed by atoms with Gasteiger partial charge < -0.3 is 9.13 Å². The van der Waals surface area contributed by atoms with E-state index in [2.05, 4.69) is 187 Å². The van der Waals surface area contributed by atoms with Crippen LogP contribution >= 0.6 is 11.3 Å². The first-order valence-corrected chi connectivity index (χ1v) is 21.1. The van der Waals surface area contributed by atoms with Crippen LogP contribution in [0, 0.1) is 0 Å². The van der Waals surface area contributed by atoms with Gasteiger partial charge in [-0.3, -0.25) is 4.79 Å². The quantitative estimate of drug-likeness (QED) is 0.0714. The van der Waals surface area contributed by atoms with Crippen molar-refractivity contribution in [1.29, 1.82) is 0 Å². The van der Waals surface area contributed by atoms with Crippen molar-refractivity contribution in [3.63, 3.8) is 0 Å². The van der Waals surface area contributed by atoms with E-state index in [1.54, 1.807) is 12.2 Å². The van der Waals surface area contributed by atoms with Gasteiger partial charge in [0.2, 0.25) is 0 Å². The molecule has 0 aliphatic carbocycles. The van der Waals surface area contributed by atoms with Gasteiger partial charge in [-0.25, -0.2) is 0 Å². The highest BCUT2D eigenvalue weighted by atomic mass is 32.1. The fraction of sp³-hybridized carbons (Fsp3) is 0.0179. The highest BCUT2D eigenvalue weighted by Crippen LogP contribution is 2.43. The fourth-order valence-corrected chi connectivity index (χ4v) is 11.1. The molecule has 0 fully saturated rings. The Morgan fingerprint density at radius 1 is 0.483 bits per heavy atom. The highest BCUT2D eigenvalue weighted by Gasteiger charge is 2.19. The van der Waals surface area contributed by atoms with E-state index in [1.165, 1.54) is 74.3 Å². The Morgan fingerprint density at radius 3 is 1.88 bits per heavy atom. The summed E-state index contributed by atoms with van der Waals surface area (Å²) in [5, 5.41) is 14.9. The van der Waals surface area contributed by atoms with Crippen molar-refractivity contribution in [1.82, 2.24) is 9.13 Å². The molecular formula is C56H36N2OS. The van der Waals surface area contributed by atoms with Gasteiger partial charge in [0.15, 0.2) is 6.29 Å². The van der Waals surface area contributed by atoms with E-state index < -0.39 is 0 Å². The van der Waals surface area contributed by atoms with Crippen LogP contribution in [-0.4, -0.2) is 15.4 Å². The maximum atomic E-state index is 12.0. The van der Waals surface area contributed by atoms with Crippen molar-refractivity contribution in [2.24, 2.45) is 7.05 Å². The molecule has 0 saturated heterocycles. The van der Waals surface area contributed by atoms with Crippen LogP contribution in [0.3, 0.4) is 0 Å². The average molecular weight is 785 g/mol. The first-order valence-electron chi connectivity index (χ1n) is 20.2. The fourth-order valence-electron chi connectivity index (χ4n) is 10.0. The first kappa shape index (κ1) is 34.5. The number of nitrogens with zero attached hydrogens (tertiary/aromatic N) is 2. The number of thiophene rings is 1. The molecule has 60 heavy (non-hydrogen) atoms. The Kier molecular flexibility index (Phi) is 7.47.